The van der Waals surface area contributed by atoms with E-state index in [1.165, 1.54) is 32.2 Å². The normalized spacial score (nSPS) is 28.8. The largest absolute Gasteiger partial charge is 0.395 e. The third-order valence-corrected chi connectivity index (χ3v) is 3.04. The Morgan fingerprint density at radius 1 is 1.50 bits per heavy atom. The summed E-state index contributed by atoms with van der Waals surface area (Å²) in [5.41, 5.74) is 0. The van der Waals surface area contributed by atoms with Crippen LogP contribution in [0.15, 0.2) is 0 Å². The highest BCUT2D eigenvalue weighted by Crippen LogP contribution is 2.20. The van der Waals surface area contributed by atoms with Crippen molar-refractivity contribution in [2.24, 2.45) is 0 Å². The van der Waals surface area contributed by atoms with Gasteiger partial charge in [-0.05, 0) is 32.7 Å². The van der Waals surface area contributed by atoms with Crippen LogP contribution >= 0.6 is 0 Å². The molecule has 1 heterocycles. The molecule has 0 aromatic heterocycles. The minimum atomic E-state index is 0.338. The summed E-state index contributed by atoms with van der Waals surface area (Å²) in [5, 5.41) is 9.16. The zero-order valence-electron chi connectivity index (χ0n) is 8.29. The molecule has 0 aromatic rings. The summed E-state index contributed by atoms with van der Waals surface area (Å²) in [7, 11) is 0. The van der Waals surface area contributed by atoms with E-state index in [0.717, 1.165) is 0 Å². The first-order valence-corrected chi connectivity index (χ1v) is 5.16. The summed E-state index contributed by atoms with van der Waals surface area (Å²) in [6, 6.07) is 1.08. The Morgan fingerprint density at radius 2 is 2.25 bits per heavy atom. The first-order chi connectivity index (χ1) is 5.79. The second-order valence-corrected chi connectivity index (χ2v) is 3.83. The van der Waals surface area contributed by atoms with Gasteiger partial charge in [0.25, 0.3) is 0 Å². The van der Waals surface area contributed by atoms with E-state index in [4.69, 9.17) is 5.11 Å². The molecule has 12 heavy (non-hydrogen) atoms. The maximum atomic E-state index is 9.16. The number of piperidine rings is 1. The Balaban J connectivity index is 2.46. The first kappa shape index (κ1) is 10.0. The van der Waals surface area contributed by atoms with Gasteiger partial charge < -0.3 is 5.11 Å². The van der Waals surface area contributed by atoms with Crippen molar-refractivity contribution in [3.05, 3.63) is 0 Å². The molecule has 1 fully saturated rings. The van der Waals surface area contributed by atoms with Gasteiger partial charge in [-0.1, -0.05) is 13.3 Å². The highest BCUT2D eigenvalue weighted by atomic mass is 16.3. The van der Waals surface area contributed by atoms with Crippen molar-refractivity contribution >= 4 is 0 Å². The van der Waals surface area contributed by atoms with Crippen LogP contribution in [-0.2, 0) is 0 Å². The van der Waals surface area contributed by atoms with Crippen LogP contribution in [0.5, 0.6) is 0 Å². The fraction of sp³-hybridized carbons (Fsp3) is 1.00. The molecule has 0 saturated carbocycles. The molecule has 0 aromatic carbocycles. The Morgan fingerprint density at radius 3 is 2.83 bits per heavy atom. The molecule has 0 aliphatic carbocycles. The van der Waals surface area contributed by atoms with Crippen molar-refractivity contribution in [2.75, 3.05) is 13.2 Å². The van der Waals surface area contributed by atoms with Crippen molar-refractivity contribution in [2.45, 2.75) is 51.6 Å². The van der Waals surface area contributed by atoms with Crippen LogP contribution in [0.3, 0.4) is 0 Å². The van der Waals surface area contributed by atoms with E-state index >= 15 is 0 Å². The minimum absolute atomic E-state index is 0.338. The lowest BCUT2D eigenvalue weighted by Gasteiger charge is -2.38. The molecule has 1 saturated heterocycles. The predicted molar refractivity (Wildman–Crippen MR) is 51.2 cm³/mol. The van der Waals surface area contributed by atoms with Crippen molar-refractivity contribution in [3.63, 3.8) is 0 Å². The smallest absolute Gasteiger partial charge is 0.0586 e. The second-order valence-electron chi connectivity index (χ2n) is 3.83. The number of hydrogen-bond acceptors (Lipinski definition) is 2. The lowest BCUT2D eigenvalue weighted by Crippen LogP contribution is -2.46. The second kappa shape index (κ2) is 4.83. The molecule has 0 radical (unpaired) electrons. The van der Waals surface area contributed by atoms with E-state index in [0.29, 0.717) is 18.7 Å². The van der Waals surface area contributed by atoms with Gasteiger partial charge in [-0.2, -0.15) is 0 Å². The highest BCUT2D eigenvalue weighted by molar-refractivity contribution is 4.79. The van der Waals surface area contributed by atoms with Crippen molar-refractivity contribution < 1.29 is 5.11 Å². The molecule has 0 amide bonds. The molecule has 1 aliphatic heterocycles. The molecule has 1 rings (SSSR count). The van der Waals surface area contributed by atoms with Crippen LogP contribution in [0, 0.1) is 0 Å². The number of hydrogen-bond donors (Lipinski definition) is 1. The molecule has 0 spiro atoms. The van der Waals surface area contributed by atoms with Crippen LogP contribution in [0.2, 0.25) is 0 Å². The maximum Gasteiger partial charge on any atom is 0.0586 e. The molecule has 2 nitrogen and oxygen atoms in total. The van der Waals surface area contributed by atoms with Crippen LogP contribution < -0.4 is 0 Å². The Kier molecular flexibility index (Phi) is 4.02. The highest BCUT2D eigenvalue weighted by Gasteiger charge is 2.24. The molecule has 2 atom stereocenters. The van der Waals surface area contributed by atoms with Gasteiger partial charge in [-0.15, -0.1) is 0 Å². The third-order valence-electron chi connectivity index (χ3n) is 3.04. The average Bonchev–Trinajstić information content (AvgIpc) is 2.16. The number of aliphatic hydroxyl groups is 1. The Hall–Kier alpha value is -0.0800. The fourth-order valence-electron chi connectivity index (χ4n) is 2.03. The van der Waals surface area contributed by atoms with Gasteiger partial charge in [0, 0.05) is 12.1 Å². The molecule has 72 valence electrons. The van der Waals surface area contributed by atoms with Crippen LogP contribution in [0.4, 0.5) is 0 Å². The summed E-state index contributed by atoms with van der Waals surface area (Å²) < 4.78 is 0. The zero-order valence-corrected chi connectivity index (χ0v) is 8.29. The Labute approximate surface area is 75.6 Å². The lowest BCUT2D eigenvalue weighted by atomic mass is 10.00. The van der Waals surface area contributed by atoms with Crippen LogP contribution in [0.25, 0.3) is 0 Å². The maximum absolute atomic E-state index is 9.16. The van der Waals surface area contributed by atoms with E-state index in [1.807, 2.05) is 0 Å². The van der Waals surface area contributed by atoms with Crippen molar-refractivity contribution in [3.8, 4) is 0 Å². The van der Waals surface area contributed by atoms with Gasteiger partial charge in [0.1, 0.15) is 0 Å². The van der Waals surface area contributed by atoms with Gasteiger partial charge in [0.05, 0.1) is 6.61 Å². The SMILES string of the molecule is CCC(C)N1CCCCC1CO. The third kappa shape index (κ3) is 2.20. The van der Waals surface area contributed by atoms with Gasteiger partial charge >= 0.3 is 0 Å². The van der Waals surface area contributed by atoms with Crippen molar-refractivity contribution in [1.82, 2.24) is 4.90 Å². The summed E-state index contributed by atoms with van der Waals surface area (Å²) >= 11 is 0. The van der Waals surface area contributed by atoms with E-state index in [2.05, 4.69) is 18.7 Å². The summed E-state index contributed by atoms with van der Waals surface area (Å²) in [6.07, 6.45) is 4.97. The Bertz CT molecular complexity index is 127. The average molecular weight is 171 g/mol. The predicted octanol–water partition coefficient (Wildman–Crippen LogP) is 1.63. The number of likely N-dealkylation sites (tertiary alicyclic amines) is 1. The van der Waals surface area contributed by atoms with Gasteiger partial charge in [-0.25, -0.2) is 0 Å². The van der Waals surface area contributed by atoms with Gasteiger partial charge in [-0.3, -0.25) is 4.90 Å². The standard InChI is InChI=1S/C10H21NO/c1-3-9(2)11-7-5-4-6-10(11)8-12/h9-10,12H,3-8H2,1-2H3. The summed E-state index contributed by atoms with van der Waals surface area (Å²) in [6.45, 7) is 5.99. The monoisotopic (exact) mass is 171 g/mol. The van der Waals surface area contributed by atoms with E-state index in [-0.39, 0.29) is 0 Å². The fourth-order valence-corrected chi connectivity index (χ4v) is 2.03. The summed E-state index contributed by atoms with van der Waals surface area (Å²) in [5.74, 6) is 0. The van der Waals surface area contributed by atoms with Gasteiger partial charge in [0.15, 0.2) is 0 Å². The van der Waals surface area contributed by atoms with Crippen molar-refractivity contribution in [1.29, 1.82) is 0 Å². The molecule has 0 bridgehead atoms. The number of rotatable bonds is 3. The summed E-state index contributed by atoms with van der Waals surface area (Å²) in [4.78, 5) is 2.46. The number of nitrogens with zero attached hydrogens (tertiary/aromatic N) is 1. The quantitative estimate of drug-likeness (QED) is 0.697. The van der Waals surface area contributed by atoms with E-state index in [9.17, 15) is 0 Å². The van der Waals surface area contributed by atoms with Crippen LogP contribution in [-0.4, -0.2) is 35.2 Å². The molecule has 1 N–H and O–H groups in total. The lowest BCUT2D eigenvalue weighted by molar-refractivity contribution is 0.0578. The van der Waals surface area contributed by atoms with Gasteiger partial charge in [0.2, 0.25) is 0 Å². The molecule has 2 unspecified atom stereocenters. The van der Waals surface area contributed by atoms with E-state index in [1.54, 1.807) is 0 Å². The molecule has 1 aliphatic rings. The number of aliphatic hydroxyl groups excluding tert-OH is 1. The molecular weight excluding hydrogens is 150 g/mol. The van der Waals surface area contributed by atoms with Crippen LogP contribution in [0.1, 0.15) is 39.5 Å². The first-order valence-electron chi connectivity index (χ1n) is 5.16. The zero-order chi connectivity index (χ0) is 8.97. The molecular formula is C10H21NO. The minimum Gasteiger partial charge on any atom is -0.395 e. The van der Waals surface area contributed by atoms with E-state index < -0.39 is 0 Å². The topological polar surface area (TPSA) is 23.5 Å². The molecule has 2 heteroatoms.